The van der Waals surface area contributed by atoms with Crippen LogP contribution in [0.15, 0.2) is 54.6 Å². The summed E-state index contributed by atoms with van der Waals surface area (Å²) in [6.45, 7) is 6.34. The molecule has 132 valence electrons. The molecule has 0 radical (unpaired) electrons. The summed E-state index contributed by atoms with van der Waals surface area (Å²) in [5, 5.41) is 5.85. The van der Waals surface area contributed by atoms with Crippen molar-refractivity contribution in [3.63, 3.8) is 0 Å². The molecule has 0 aromatic heterocycles. The van der Waals surface area contributed by atoms with Gasteiger partial charge in [-0.25, -0.2) is 0 Å². The molecule has 1 atom stereocenters. The van der Waals surface area contributed by atoms with Gasteiger partial charge >= 0.3 is 0 Å². The number of benzene rings is 2. The molecule has 0 spiro atoms. The van der Waals surface area contributed by atoms with Crippen LogP contribution in [0.4, 0.5) is 5.69 Å². The molecular weight excluding hydrogens is 312 g/mol. The molecule has 0 aliphatic rings. The largest absolute Gasteiger partial charge is 0.350 e. The minimum atomic E-state index is -0.228. The Morgan fingerprint density at radius 3 is 2.16 bits per heavy atom. The van der Waals surface area contributed by atoms with E-state index >= 15 is 0 Å². The van der Waals surface area contributed by atoms with E-state index in [-0.39, 0.29) is 17.9 Å². The SMILES string of the molecule is CC(C)CCC(C)NC(=O)c1ccccc1NC(=O)c1ccccc1. The Balaban J connectivity index is 2.07. The van der Waals surface area contributed by atoms with Crippen LogP contribution in [0.3, 0.4) is 0 Å². The van der Waals surface area contributed by atoms with Crippen LogP contribution in [0.2, 0.25) is 0 Å². The maximum absolute atomic E-state index is 12.6. The second-order valence-electron chi connectivity index (χ2n) is 6.71. The van der Waals surface area contributed by atoms with Crippen LogP contribution in [0.25, 0.3) is 0 Å². The highest BCUT2D eigenvalue weighted by Crippen LogP contribution is 2.17. The van der Waals surface area contributed by atoms with Gasteiger partial charge in [0, 0.05) is 11.6 Å². The number of hydrogen-bond acceptors (Lipinski definition) is 2. The highest BCUT2D eigenvalue weighted by atomic mass is 16.2. The van der Waals surface area contributed by atoms with E-state index in [0.717, 1.165) is 12.8 Å². The molecule has 0 fully saturated rings. The van der Waals surface area contributed by atoms with Crippen LogP contribution >= 0.6 is 0 Å². The number of amides is 2. The monoisotopic (exact) mass is 338 g/mol. The second kappa shape index (κ2) is 9.02. The number of para-hydroxylation sites is 1. The maximum atomic E-state index is 12.6. The van der Waals surface area contributed by atoms with Crippen LogP contribution < -0.4 is 10.6 Å². The van der Waals surface area contributed by atoms with Gasteiger partial charge in [0.15, 0.2) is 0 Å². The Bertz CT molecular complexity index is 711. The molecule has 25 heavy (non-hydrogen) atoms. The molecule has 2 rings (SSSR count). The first kappa shape index (κ1) is 18.7. The molecule has 0 heterocycles. The molecule has 1 unspecified atom stereocenters. The fourth-order valence-corrected chi connectivity index (χ4v) is 2.53. The standard InChI is InChI=1S/C21H26N2O2/c1-15(2)13-14-16(3)22-21(25)18-11-7-8-12-19(18)23-20(24)17-9-5-4-6-10-17/h4-12,15-16H,13-14H2,1-3H3,(H,22,25)(H,23,24). The van der Waals surface area contributed by atoms with Crippen molar-refractivity contribution in [2.75, 3.05) is 5.32 Å². The zero-order valence-electron chi connectivity index (χ0n) is 15.1. The summed E-state index contributed by atoms with van der Waals surface area (Å²) in [7, 11) is 0. The van der Waals surface area contributed by atoms with Gasteiger partial charge in [-0.05, 0) is 49.9 Å². The highest BCUT2D eigenvalue weighted by molar-refractivity contribution is 6.09. The molecule has 0 saturated heterocycles. The molecule has 0 saturated carbocycles. The average molecular weight is 338 g/mol. The molecule has 2 amide bonds. The van der Waals surface area contributed by atoms with Crippen molar-refractivity contribution in [1.29, 1.82) is 0 Å². The molecule has 2 aromatic rings. The number of hydrogen-bond donors (Lipinski definition) is 2. The van der Waals surface area contributed by atoms with E-state index in [0.29, 0.717) is 22.7 Å². The van der Waals surface area contributed by atoms with Crippen LogP contribution in [0, 0.1) is 5.92 Å². The first-order valence-electron chi connectivity index (χ1n) is 8.73. The highest BCUT2D eigenvalue weighted by Gasteiger charge is 2.15. The average Bonchev–Trinajstić information content (AvgIpc) is 2.61. The Hall–Kier alpha value is -2.62. The topological polar surface area (TPSA) is 58.2 Å². The van der Waals surface area contributed by atoms with Gasteiger partial charge in [-0.1, -0.05) is 44.2 Å². The smallest absolute Gasteiger partial charge is 0.255 e. The minimum Gasteiger partial charge on any atom is -0.350 e. The van der Waals surface area contributed by atoms with Crippen LogP contribution in [0.5, 0.6) is 0 Å². The minimum absolute atomic E-state index is 0.0905. The lowest BCUT2D eigenvalue weighted by Crippen LogP contribution is -2.33. The van der Waals surface area contributed by atoms with Gasteiger partial charge in [0.2, 0.25) is 0 Å². The first-order valence-corrected chi connectivity index (χ1v) is 8.73. The van der Waals surface area contributed by atoms with E-state index in [1.807, 2.05) is 25.1 Å². The summed E-state index contributed by atoms with van der Waals surface area (Å²) in [5.74, 6) is 0.214. The van der Waals surface area contributed by atoms with Crippen molar-refractivity contribution >= 4 is 17.5 Å². The van der Waals surface area contributed by atoms with Gasteiger partial charge in [-0.15, -0.1) is 0 Å². The first-order chi connectivity index (χ1) is 12.0. The van der Waals surface area contributed by atoms with Crippen LogP contribution in [0.1, 0.15) is 54.3 Å². The van der Waals surface area contributed by atoms with E-state index < -0.39 is 0 Å². The quantitative estimate of drug-likeness (QED) is 0.781. The lowest BCUT2D eigenvalue weighted by atomic mass is 10.0. The Morgan fingerprint density at radius 1 is 0.840 bits per heavy atom. The predicted octanol–water partition coefficient (Wildman–Crippen LogP) is 4.49. The van der Waals surface area contributed by atoms with Gasteiger partial charge in [0.1, 0.15) is 0 Å². The lowest BCUT2D eigenvalue weighted by Gasteiger charge is -2.17. The van der Waals surface area contributed by atoms with Gasteiger partial charge in [0.25, 0.3) is 11.8 Å². The zero-order chi connectivity index (χ0) is 18.2. The number of carbonyl (C=O) groups is 2. The van der Waals surface area contributed by atoms with Crippen molar-refractivity contribution in [3.05, 3.63) is 65.7 Å². The molecule has 2 aromatic carbocycles. The van der Waals surface area contributed by atoms with Gasteiger partial charge in [-0.3, -0.25) is 9.59 Å². The molecule has 0 aliphatic heterocycles. The van der Waals surface area contributed by atoms with Gasteiger partial charge < -0.3 is 10.6 Å². The number of nitrogens with one attached hydrogen (secondary N) is 2. The lowest BCUT2D eigenvalue weighted by molar-refractivity contribution is 0.0938. The van der Waals surface area contributed by atoms with Gasteiger partial charge in [0.05, 0.1) is 11.3 Å². The molecule has 4 heteroatoms. The van der Waals surface area contributed by atoms with Gasteiger partial charge in [-0.2, -0.15) is 0 Å². The number of carbonyl (C=O) groups excluding carboxylic acids is 2. The Morgan fingerprint density at radius 2 is 1.48 bits per heavy atom. The normalized spacial score (nSPS) is 11.8. The third-order valence-electron chi connectivity index (χ3n) is 4.01. The third-order valence-corrected chi connectivity index (χ3v) is 4.01. The van der Waals surface area contributed by atoms with E-state index in [2.05, 4.69) is 24.5 Å². The summed E-state index contributed by atoms with van der Waals surface area (Å²) in [5.41, 5.74) is 1.55. The maximum Gasteiger partial charge on any atom is 0.255 e. The number of anilines is 1. The van der Waals surface area contributed by atoms with E-state index in [9.17, 15) is 9.59 Å². The third kappa shape index (κ3) is 5.75. The predicted molar refractivity (Wildman–Crippen MR) is 102 cm³/mol. The fourth-order valence-electron chi connectivity index (χ4n) is 2.53. The summed E-state index contributed by atoms with van der Waals surface area (Å²) in [4.78, 5) is 24.9. The van der Waals surface area contributed by atoms with Crippen molar-refractivity contribution in [2.45, 2.75) is 39.7 Å². The fraction of sp³-hybridized carbons (Fsp3) is 0.333. The van der Waals surface area contributed by atoms with Crippen molar-refractivity contribution < 1.29 is 9.59 Å². The van der Waals surface area contributed by atoms with E-state index in [1.165, 1.54) is 0 Å². The molecular formula is C21H26N2O2. The van der Waals surface area contributed by atoms with Crippen molar-refractivity contribution in [1.82, 2.24) is 5.32 Å². The molecule has 2 N–H and O–H groups in total. The Kier molecular flexibility index (Phi) is 6.75. The molecule has 0 bridgehead atoms. The summed E-state index contributed by atoms with van der Waals surface area (Å²) < 4.78 is 0. The van der Waals surface area contributed by atoms with Crippen LogP contribution in [-0.4, -0.2) is 17.9 Å². The summed E-state index contributed by atoms with van der Waals surface area (Å²) in [6.07, 6.45) is 2.00. The van der Waals surface area contributed by atoms with Crippen molar-refractivity contribution in [3.8, 4) is 0 Å². The Labute approximate surface area is 149 Å². The van der Waals surface area contributed by atoms with E-state index in [1.54, 1.807) is 36.4 Å². The number of rotatable bonds is 7. The summed E-state index contributed by atoms with van der Waals surface area (Å²) >= 11 is 0. The zero-order valence-corrected chi connectivity index (χ0v) is 15.1. The second-order valence-corrected chi connectivity index (χ2v) is 6.71. The molecule has 4 nitrogen and oxygen atoms in total. The summed E-state index contributed by atoms with van der Waals surface area (Å²) in [6, 6.07) is 16.1. The van der Waals surface area contributed by atoms with E-state index in [4.69, 9.17) is 0 Å². The van der Waals surface area contributed by atoms with Crippen LogP contribution in [-0.2, 0) is 0 Å². The van der Waals surface area contributed by atoms with Crippen molar-refractivity contribution in [2.24, 2.45) is 5.92 Å². The molecule has 0 aliphatic carbocycles.